The van der Waals surface area contributed by atoms with Gasteiger partial charge in [-0.1, -0.05) is 6.07 Å². The molecular weight excluding hydrogens is 262 g/mol. The van der Waals surface area contributed by atoms with Crippen LogP contribution < -0.4 is 5.32 Å². The summed E-state index contributed by atoms with van der Waals surface area (Å²) in [7, 11) is 0. The fourth-order valence-corrected chi connectivity index (χ4v) is 3.75. The van der Waals surface area contributed by atoms with Crippen LogP contribution in [0.25, 0.3) is 0 Å². The monoisotopic (exact) mass is 287 g/mol. The highest BCUT2D eigenvalue weighted by Crippen LogP contribution is 2.30. The van der Waals surface area contributed by atoms with Gasteiger partial charge in [-0.25, -0.2) is 0 Å². The van der Waals surface area contributed by atoms with Crippen LogP contribution in [0.15, 0.2) is 24.4 Å². The molecule has 0 radical (unpaired) electrons. The van der Waals surface area contributed by atoms with Crippen molar-refractivity contribution in [3.63, 3.8) is 0 Å². The van der Waals surface area contributed by atoms with Crippen LogP contribution in [0.3, 0.4) is 0 Å². The predicted octanol–water partition coefficient (Wildman–Crippen LogP) is 2.00. The average Bonchev–Trinajstić information content (AvgIpc) is 3.04. The molecule has 1 atom stereocenters. The van der Waals surface area contributed by atoms with Gasteiger partial charge in [0.1, 0.15) is 0 Å². The van der Waals surface area contributed by atoms with E-state index >= 15 is 0 Å². The lowest BCUT2D eigenvalue weighted by atomic mass is 9.88. The first-order valence-electron chi connectivity index (χ1n) is 8.24. The van der Waals surface area contributed by atoms with E-state index in [1.54, 1.807) is 6.20 Å². The molecule has 3 heterocycles. The van der Waals surface area contributed by atoms with E-state index in [9.17, 15) is 4.79 Å². The number of carbonyl (C=O) groups is 1. The summed E-state index contributed by atoms with van der Waals surface area (Å²) in [6.45, 7) is 3.17. The van der Waals surface area contributed by atoms with Crippen molar-refractivity contribution in [2.45, 2.75) is 44.6 Å². The largest absolute Gasteiger partial charge is 0.339 e. The zero-order chi connectivity index (χ0) is 14.5. The second-order valence-corrected chi connectivity index (χ2v) is 6.21. The second kappa shape index (κ2) is 7.03. The number of nitrogens with one attached hydrogen (secondary N) is 1. The van der Waals surface area contributed by atoms with Crippen molar-refractivity contribution in [1.82, 2.24) is 15.2 Å². The van der Waals surface area contributed by atoms with Crippen LogP contribution in [0.2, 0.25) is 0 Å². The van der Waals surface area contributed by atoms with Gasteiger partial charge in [-0.05, 0) is 63.2 Å². The number of amides is 1. The third-order valence-corrected chi connectivity index (χ3v) is 4.87. The Labute approximate surface area is 126 Å². The van der Waals surface area contributed by atoms with Crippen molar-refractivity contribution in [2.75, 3.05) is 19.6 Å². The molecule has 2 saturated heterocycles. The Kier molecular flexibility index (Phi) is 4.86. The Bertz CT molecular complexity index is 456. The van der Waals surface area contributed by atoms with Crippen molar-refractivity contribution in [3.05, 3.63) is 30.1 Å². The molecule has 0 bridgehead atoms. The number of hydrogen-bond donors (Lipinski definition) is 1. The van der Waals surface area contributed by atoms with E-state index in [1.807, 2.05) is 18.2 Å². The molecule has 1 aromatic rings. The van der Waals surface area contributed by atoms with Gasteiger partial charge in [0.15, 0.2) is 0 Å². The maximum Gasteiger partial charge on any atom is 0.223 e. The lowest BCUT2D eigenvalue weighted by molar-refractivity contribution is -0.133. The smallest absolute Gasteiger partial charge is 0.223 e. The molecule has 2 aliphatic heterocycles. The van der Waals surface area contributed by atoms with Crippen molar-refractivity contribution in [1.29, 1.82) is 0 Å². The standard InChI is InChI=1S/C17H25N3O/c21-17(7-6-15-4-1-2-10-19-15)20-13-3-5-16(20)14-8-11-18-12-9-14/h1-2,4,10,14,16,18H,3,5-9,11-13H2. The molecule has 1 unspecified atom stereocenters. The summed E-state index contributed by atoms with van der Waals surface area (Å²) in [6, 6.07) is 6.39. The fraction of sp³-hybridized carbons (Fsp3) is 0.647. The number of carbonyl (C=O) groups excluding carboxylic acids is 1. The molecule has 21 heavy (non-hydrogen) atoms. The van der Waals surface area contributed by atoms with Gasteiger partial charge in [0, 0.05) is 30.9 Å². The molecule has 0 aliphatic carbocycles. The number of aromatic nitrogens is 1. The lowest BCUT2D eigenvalue weighted by Crippen LogP contribution is -2.43. The molecule has 0 spiro atoms. The van der Waals surface area contributed by atoms with Crippen molar-refractivity contribution in [3.8, 4) is 0 Å². The number of piperidine rings is 1. The van der Waals surface area contributed by atoms with E-state index in [1.165, 1.54) is 25.7 Å². The maximum absolute atomic E-state index is 12.6. The predicted molar refractivity (Wildman–Crippen MR) is 82.9 cm³/mol. The molecule has 3 rings (SSSR count). The van der Waals surface area contributed by atoms with E-state index in [0.717, 1.165) is 31.7 Å². The summed E-state index contributed by atoms with van der Waals surface area (Å²) in [5.41, 5.74) is 1.02. The Balaban J connectivity index is 1.55. The summed E-state index contributed by atoms with van der Waals surface area (Å²) < 4.78 is 0. The first kappa shape index (κ1) is 14.5. The highest BCUT2D eigenvalue weighted by molar-refractivity contribution is 5.77. The van der Waals surface area contributed by atoms with Crippen LogP contribution in [0, 0.1) is 5.92 Å². The molecule has 0 saturated carbocycles. The van der Waals surface area contributed by atoms with Crippen molar-refractivity contribution >= 4 is 5.91 Å². The molecular formula is C17H25N3O. The number of aryl methyl sites for hydroxylation is 1. The third kappa shape index (κ3) is 3.62. The van der Waals surface area contributed by atoms with Gasteiger partial charge >= 0.3 is 0 Å². The summed E-state index contributed by atoms with van der Waals surface area (Å²) in [5, 5.41) is 3.42. The number of hydrogen-bond acceptors (Lipinski definition) is 3. The summed E-state index contributed by atoms with van der Waals surface area (Å²) in [5.74, 6) is 1.02. The van der Waals surface area contributed by atoms with Gasteiger partial charge in [-0.2, -0.15) is 0 Å². The molecule has 4 nitrogen and oxygen atoms in total. The average molecular weight is 287 g/mol. The normalized spacial score (nSPS) is 23.4. The van der Waals surface area contributed by atoms with Crippen LogP contribution in [0.5, 0.6) is 0 Å². The minimum Gasteiger partial charge on any atom is -0.339 e. The Morgan fingerprint density at radius 1 is 1.29 bits per heavy atom. The van der Waals surface area contributed by atoms with Crippen molar-refractivity contribution < 1.29 is 4.79 Å². The molecule has 1 N–H and O–H groups in total. The zero-order valence-electron chi connectivity index (χ0n) is 12.6. The Hall–Kier alpha value is -1.42. The molecule has 1 aromatic heterocycles. The second-order valence-electron chi connectivity index (χ2n) is 6.21. The van der Waals surface area contributed by atoms with Gasteiger partial charge in [-0.3, -0.25) is 9.78 Å². The van der Waals surface area contributed by atoms with Crippen LogP contribution in [-0.2, 0) is 11.2 Å². The van der Waals surface area contributed by atoms with Crippen LogP contribution >= 0.6 is 0 Å². The van der Waals surface area contributed by atoms with E-state index in [0.29, 0.717) is 24.3 Å². The van der Waals surface area contributed by atoms with Gasteiger partial charge in [0.05, 0.1) is 0 Å². The number of pyridine rings is 1. The Morgan fingerprint density at radius 2 is 2.14 bits per heavy atom. The maximum atomic E-state index is 12.6. The van der Waals surface area contributed by atoms with Crippen LogP contribution in [-0.4, -0.2) is 41.5 Å². The molecule has 4 heteroatoms. The lowest BCUT2D eigenvalue weighted by Gasteiger charge is -2.34. The van der Waals surface area contributed by atoms with E-state index in [4.69, 9.17) is 0 Å². The third-order valence-electron chi connectivity index (χ3n) is 4.87. The van der Waals surface area contributed by atoms with E-state index in [2.05, 4.69) is 15.2 Å². The highest BCUT2D eigenvalue weighted by Gasteiger charge is 2.34. The van der Waals surface area contributed by atoms with E-state index in [-0.39, 0.29) is 0 Å². The molecule has 114 valence electrons. The molecule has 2 aliphatic rings. The van der Waals surface area contributed by atoms with E-state index < -0.39 is 0 Å². The zero-order valence-corrected chi connectivity index (χ0v) is 12.6. The van der Waals surface area contributed by atoms with Crippen molar-refractivity contribution in [2.24, 2.45) is 5.92 Å². The molecule has 2 fully saturated rings. The van der Waals surface area contributed by atoms with Gasteiger partial charge < -0.3 is 10.2 Å². The molecule has 0 aromatic carbocycles. The highest BCUT2D eigenvalue weighted by atomic mass is 16.2. The SMILES string of the molecule is O=C(CCc1ccccn1)N1CCCC1C1CCNCC1. The summed E-state index contributed by atoms with van der Waals surface area (Å²) in [6.07, 6.45) is 7.95. The van der Waals surface area contributed by atoms with Gasteiger partial charge in [0.25, 0.3) is 0 Å². The first-order valence-corrected chi connectivity index (χ1v) is 8.24. The minimum atomic E-state index is 0.321. The van der Waals surface area contributed by atoms with Crippen LogP contribution in [0.1, 0.15) is 37.8 Å². The summed E-state index contributed by atoms with van der Waals surface area (Å²) >= 11 is 0. The number of rotatable bonds is 4. The minimum absolute atomic E-state index is 0.321. The topological polar surface area (TPSA) is 45.2 Å². The Morgan fingerprint density at radius 3 is 2.90 bits per heavy atom. The van der Waals surface area contributed by atoms with Gasteiger partial charge in [-0.15, -0.1) is 0 Å². The number of nitrogens with zero attached hydrogens (tertiary/aromatic N) is 2. The van der Waals surface area contributed by atoms with Crippen LogP contribution in [0.4, 0.5) is 0 Å². The summed E-state index contributed by atoms with van der Waals surface area (Å²) in [4.78, 5) is 19.0. The fourth-order valence-electron chi connectivity index (χ4n) is 3.75. The first-order chi connectivity index (χ1) is 10.3. The molecule has 1 amide bonds. The number of likely N-dealkylation sites (tertiary alicyclic amines) is 1. The van der Waals surface area contributed by atoms with Gasteiger partial charge in [0.2, 0.25) is 5.91 Å². The quantitative estimate of drug-likeness (QED) is 0.921.